The molecule has 0 aromatic heterocycles. The highest BCUT2D eigenvalue weighted by molar-refractivity contribution is 9.10. The van der Waals surface area contributed by atoms with E-state index in [0.29, 0.717) is 5.69 Å². The van der Waals surface area contributed by atoms with Gasteiger partial charge in [0.1, 0.15) is 11.4 Å². The Bertz CT molecular complexity index is 304. The van der Waals surface area contributed by atoms with Gasteiger partial charge in [-0.3, -0.25) is 0 Å². The van der Waals surface area contributed by atoms with Gasteiger partial charge >= 0.3 is 0 Å². The topological polar surface area (TPSA) is 35.2 Å². The van der Waals surface area contributed by atoms with E-state index >= 15 is 0 Å². The zero-order valence-electron chi connectivity index (χ0n) is 8.10. The molecule has 0 bridgehead atoms. The average Bonchev–Trinajstić information content (AvgIpc) is 1.94. The van der Waals surface area contributed by atoms with Crippen molar-refractivity contribution >= 4 is 21.6 Å². The van der Waals surface area contributed by atoms with Crippen molar-refractivity contribution in [1.29, 1.82) is 0 Å². The molecule has 0 aliphatic rings. The van der Waals surface area contributed by atoms with Crippen molar-refractivity contribution in [3.8, 4) is 5.75 Å². The maximum atomic E-state index is 5.75. The lowest BCUT2D eigenvalue weighted by molar-refractivity contribution is 0.132. The molecule has 2 N–H and O–H groups in total. The number of halogens is 1. The lowest BCUT2D eigenvalue weighted by Crippen LogP contribution is -2.23. The molecule has 1 aromatic carbocycles. The number of nitrogen functional groups attached to an aromatic ring is 1. The molecule has 0 aliphatic heterocycles. The van der Waals surface area contributed by atoms with Crippen LogP contribution in [0.3, 0.4) is 0 Å². The first-order valence-corrected chi connectivity index (χ1v) is 4.92. The summed E-state index contributed by atoms with van der Waals surface area (Å²) in [6.07, 6.45) is 0. The summed E-state index contributed by atoms with van der Waals surface area (Å²) in [5, 5.41) is 0. The van der Waals surface area contributed by atoms with Crippen molar-refractivity contribution in [2.24, 2.45) is 0 Å². The molecule has 0 fully saturated rings. The Balaban J connectivity index is 2.94. The smallest absolute Gasteiger partial charge is 0.144 e. The molecule has 1 rings (SSSR count). The molecule has 3 heteroatoms. The van der Waals surface area contributed by atoms with Gasteiger partial charge in [0, 0.05) is 4.47 Å². The van der Waals surface area contributed by atoms with Gasteiger partial charge in [-0.05, 0) is 39.0 Å². The summed E-state index contributed by atoms with van der Waals surface area (Å²) in [6.45, 7) is 5.98. The van der Waals surface area contributed by atoms with Gasteiger partial charge in [-0.2, -0.15) is 0 Å². The number of benzene rings is 1. The first-order valence-electron chi connectivity index (χ1n) is 4.12. The summed E-state index contributed by atoms with van der Waals surface area (Å²) in [5.41, 5.74) is 6.20. The quantitative estimate of drug-likeness (QED) is 0.770. The van der Waals surface area contributed by atoms with E-state index in [1.807, 2.05) is 39.0 Å². The van der Waals surface area contributed by atoms with Gasteiger partial charge in [0.2, 0.25) is 0 Å². The highest BCUT2D eigenvalue weighted by Crippen LogP contribution is 2.28. The molecule has 2 nitrogen and oxygen atoms in total. The maximum Gasteiger partial charge on any atom is 0.144 e. The Morgan fingerprint density at radius 2 is 1.92 bits per heavy atom. The van der Waals surface area contributed by atoms with Gasteiger partial charge in [0.15, 0.2) is 0 Å². The van der Waals surface area contributed by atoms with Crippen LogP contribution < -0.4 is 10.5 Å². The summed E-state index contributed by atoms with van der Waals surface area (Å²) < 4.78 is 6.63. The standard InChI is InChI=1S/C10H14BrNO/c1-10(2,3)13-9-6-7(11)4-5-8(9)12/h4-6H,12H2,1-3H3. The summed E-state index contributed by atoms with van der Waals surface area (Å²) in [7, 11) is 0. The minimum absolute atomic E-state index is 0.213. The van der Waals surface area contributed by atoms with Crippen LogP contribution in [0.4, 0.5) is 5.69 Å². The molecular weight excluding hydrogens is 230 g/mol. The van der Waals surface area contributed by atoms with Crippen molar-refractivity contribution in [3.63, 3.8) is 0 Å². The van der Waals surface area contributed by atoms with Crippen LogP contribution in [0.5, 0.6) is 5.75 Å². The van der Waals surface area contributed by atoms with E-state index in [1.165, 1.54) is 0 Å². The van der Waals surface area contributed by atoms with Crippen LogP contribution in [0.25, 0.3) is 0 Å². The molecule has 0 radical (unpaired) electrons. The Kier molecular flexibility index (Phi) is 2.86. The third kappa shape index (κ3) is 3.27. The van der Waals surface area contributed by atoms with Crippen LogP contribution in [-0.4, -0.2) is 5.60 Å². The zero-order chi connectivity index (χ0) is 10.1. The number of rotatable bonds is 1. The molecule has 0 unspecified atom stereocenters. The monoisotopic (exact) mass is 243 g/mol. The number of anilines is 1. The largest absolute Gasteiger partial charge is 0.486 e. The van der Waals surface area contributed by atoms with E-state index in [9.17, 15) is 0 Å². The molecule has 0 saturated heterocycles. The number of ether oxygens (including phenoxy) is 1. The number of hydrogen-bond donors (Lipinski definition) is 1. The van der Waals surface area contributed by atoms with Crippen molar-refractivity contribution in [3.05, 3.63) is 22.7 Å². The molecule has 13 heavy (non-hydrogen) atoms. The van der Waals surface area contributed by atoms with Crippen LogP contribution in [0.2, 0.25) is 0 Å². The van der Waals surface area contributed by atoms with Crippen LogP contribution in [0, 0.1) is 0 Å². The Morgan fingerprint density at radius 1 is 1.31 bits per heavy atom. The second-order valence-electron chi connectivity index (χ2n) is 3.90. The number of hydrogen-bond acceptors (Lipinski definition) is 2. The minimum atomic E-state index is -0.213. The fraction of sp³-hybridized carbons (Fsp3) is 0.400. The van der Waals surface area contributed by atoms with Gasteiger partial charge < -0.3 is 10.5 Å². The van der Waals surface area contributed by atoms with Crippen molar-refractivity contribution in [1.82, 2.24) is 0 Å². The Morgan fingerprint density at radius 3 is 2.46 bits per heavy atom. The molecule has 0 aliphatic carbocycles. The predicted molar refractivity (Wildman–Crippen MR) is 58.9 cm³/mol. The molecule has 0 spiro atoms. The lowest BCUT2D eigenvalue weighted by atomic mass is 10.2. The van der Waals surface area contributed by atoms with E-state index in [1.54, 1.807) is 0 Å². The van der Waals surface area contributed by atoms with Crippen molar-refractivity contribution < 1.29 is 4.74 Å². The molecular formula is C10H14BrNO. The van der Waals surface area contributed by atoms with Crippen LogP contribution >= 0.6 is 15.9 Å². The summed E-state index contributed by atoms with van der Waals surface area (Å²) >= 11 is 3.37. The fourth-order valence-corrected chi connectivity index (χ4v) is 1.27. The van der Waals surface area contributed by atoms with Gasteiger partial charge in [0.05, 0.1) is 5.69 Å². The average molecular weight is 244 g/mol. The van der Waals surface area contributed by atoms with Crippen LogP contribution in [0.15, 0.2) is 22.7 Å². The molecule has 72 valence electrons. The van der Waals surface area contributed by atoms with E-state index in [2.05, 4.69) is 15.9 Å². The molecule has 0 heterocycles. The predicted octanol–water partition coefficient (Wildman–Crippen LogP) is 3.21. The Hall–Kier alpha value is -0.700. The summed E-state index contributed by atoms with van der Waals surface area (Å²) in [4.78, 5) is 0. The van der Waals surface area contributed by atoms with Gasteiger partial charge in [-0.1, -0.05) is 15.9 Å². The van der Waals surface area contributed by atoms with Crippen LogP contribution in [0.1, 0.15) is 20.8 Å². The van der Waals surface area contributed by atoms with Crippen LogP contribution in [-0.2, 0) is 0 Å². The first-order chi connectivity index (χ1) is 5.88. The maximum absolute atomic E-state index is 5.75. The number of nitrogens with two attached hydrogens (primary N) is 1. The normalized spacial score (nSPS) is 11.4. The highest BCUT2D eigenvalue weighted by Gasteiger charge is 2.13. The van der Waals surface area contributed by atoms with E-state index < -0.39 is 0 Å². The van der Waals surface area contributed by atoms with Gasteiger partial charge in [-0.15, -0.1) is 0 Å². The fourth-order valence-electron chi connectivity index (χ4n) is 0.926. The van der Waals surface area contributed by atoms with Crippen molar-refractivity contribution in [2.75, 3.05) is 5.73 Å². The third-order valence-electron chi connectivity index (χ3n) is 1.39. The van der Waals surface area contributed by atoms with E-state index in [4.69, 9.17) is 10.5 Å². The minimum Gasteiger partial charge on any atom is -0.486 e. The molecule has 0 atom stereocenters. The van der Waals surface area contributed by atoms with Gasteiger partial charge in [0.25, 0.3) is 0 Å². The second kappa shape index (κ2) is 3.58. The molecule has 0 amide bonds. The second-order valence-corrected chi connectivity index (χ2v) is 4.81. The van der Waals surface area contributed by atoms with Crippen molar-refractivity contribution in [2.45, 2.75) is 26.4 Å². The summed E-state index contributed by atoms with van der Waals surface area (Å²) in [5.74, 6) is 0.724. The van der Waals surface area contributed by atoms with E-state index in [0.717, 1.165) is 10.2 Å². The highest BCUT2D eigenvalue weighted by atomic mass is 79.9. The lowest BCUT2D eigenvalue weighted by Gasteiger charge is -2.22. The first kappa shape index (κ1) is 10.4. The molecule has 1 aromatic rings. The van der Waals surface area contributed by atoms with E-state index in [-0.39, 0.29) is 5.60 Å². The summed E-state index contributed by atoms with van der Waals surface area (Å²) in [6, 6.07) is 5.59. The zero-order valence-corrected chi connectivity index (χ0v) is 9.68. The Labute approximate surface area is 87.2 Å². The molecule has 0 saturated carbocycles. The SMILES string of the molecule is CC(C)(C)Oc1cc(Br)ccc1N. The van der Waals surface area contributed by atoms with Gasteiger partial charge in [-0.25, -0.2) is 0 Å². The third-order valence-corrected chi connectivity index (χ3v) is 1.89.